The summed E-state index contributed by atoms with van der Waals surface area (Å²) in [6.07, 6.45) is 1.70. The quantitative estimate of drug-likeness (QED) is 0.876. The van der Waals surface area contributed by atoms with Crippen LogP contribution in [0.1, 0.15) is 25.3 Å². The van der Waals surface area contributed by atoms with Crippen molar-refractivity contribution in [2.75, 3.05) is 26.9 Å². The Labute approximate surface area is 124 Å². The SMILES string of the molecule is CCNC(Cc1c(F)cccc1F)C1(OC)CCOCC1. The van der Waals surface area contributed by atoms with Crippen LogP contribution in [0, 0.1) is 11.6 Å². The molecule has 1 fully saturated rings. The van der Waals surface area contributed by atoms with Crippen molar-refractivity contribution in [3.63, 3.8) is 0 Å². The Bertz CT molecular complexity index is 441. The van der Waals surface area contributed by atoms with Gasteiger partial charge in [-0.3, -0.25) is 0 Å². The van der Waals surface area contributed by atoms with Gasteiger partial charge in [0.2, 0.25) is 0 Å². The Morgan fingerprint density at radius 2 is 1.90 bits per heavy atom. The minimum atomic E-state index is -0.504. The van der Waals surface area contributed by atoms with Crippen molar-refractivity contribution in [1.82, 2.24) is 5.32 Å². The molecule has 0 spiro atoms. The zero-order valence-corrected chi connectivity index (χ0v) is 12.6. The maximum Gasteiger partial charge on any atom is 0.129 e. The number of hydrogen-bond donors (Lipinski definition) is 1. The first-order chi connectivity index (χ1) is 10.1. The third kappa shape index (κ3) is 3.59. The Morgan fingerprint density at radius 3 is 2.43 bits per heavy atom. The molecule has 0 amide bonds. The fourth-order valence-electron chi connectivity index (χ4n) is 3.03. The average Bonchev–Trinajstić information content (AvgIpc) is 2.50. The van der Waals surface area contributed by atoms with Crippen LogP contribution in [0.5, 0.6) is 0 Å². The molecule has 1 heterocycles. The number of methoxy groups -OCH3 is 1. The van der Waals surface area contributed by atoms with Crippen molar-refractivity contribution in [3.8, 4) is 0 Å². The molecule has 1 saturated heterocycles. The van der Waals surface area contributed by atoms with Gasteiger partial charge < -0.3 is 14.8 Å². The minimum absolute atomic E-state index is 0.117. The van der Waals surface area contributed by atoms with E-state index < -0.39 is 17.2 Å². The molecule has 2 rings (SSSR count). The standard InChI is InChI=1S/C16H23F2NO2/c1-3-19-15(16(20-2)7-9-21-10-8-16)11-12-13(17)5-4-6-14(12)18/h4-6,15,19H,3,7-11H2,1-2H3. The van der Waals surface area contributed by atoms with Gasteiger partial charge in [-0.15, -0.1) is 0 Å². The second-order valence-electron chi connectivity index (χ2n) is 5.40. The highest BCUT2D eigenvalue weighted by Gasteiger charge is 2.40. The van der Waals surface area contributed by atoms with E-state index in [1.165, 1.54) is 18.2 Å². The molecule has 1 N–H and O–H groups in total. The number of rotatable bonds is 6. The van der Waals surface area contributed by atoms with Crippen LogP contribution in [0.25, 0.3) is 0 Å². The van der Waals surface area contributed by atoms with Gasteiger partial charge in [-0.05, 0) is 25.1 Å². The van der Waals surface area contributed by atoms with Crippen molar-refractivity contribution in [2.24, 2.45) is 0 Å². The number of benzene rings is 1. The predicted molar refractivity (Wildman–Crippen MR) is 77.3 cm³/mol. The molecule has 1 aromatic rings. The Kier molecular flexibility index (Phi) is 5.67. The molecule has 118 valence electrons. The number of ether oxygens (including phenoxy) is 2. The summed E-state index contributed by atoms with van der Waals surface area (Å²) >= 11 is 0. The summed E-state index contributed by atoms with van der Waals surface area (Å²) in [5.74, 6) is -1.01. The lowest BCUT2D eigenvalue weighted by atomic mass is 9.82. The normalized spacial score (nSPS) is 19.4. The number of nitrogens with one attached hydrogen (secondary N) is 1. The zero-order chi connectivity index (χ0) is 15.3. The van der Waals surface area contributed by atoms with Gasteiger partial charge in [0.25, 0.3) is 0 Å². The fourth-order valence-corrected chi connectivity index (χ4v) is 3.03. The number of halogens is 2. The third-order valence-electron chi connectivity index (χ3n) is 4.30. The van der Waals surface area contributed by atoms with Crippen molar-refractivity contribution in [2.45, 2.75) is 37.8 Å². The second-order valence-corrected chi connectivity index (χ2v) is 5.40. The molecule has 1 aromatic carbocycles. The molecule has 0 radical (unpaired) electrons. The van der Waals surface area contributed by atoms with Crippen LogP contribution >= 0.6 is 0 Å². The molecule has 0 aromatic heterocycles. The Hall–Kier alpha value is -1.04. The molecule has 5 heteroatoms. The highest BCUT2D eigenvalue weighted by Crippen LogP contribution is 2.31. The summed E-state index contributed by atoms with van der Waals surface area (Å²) in [7, 11) is 1.66. The monoisotopic (exact) mass is 299 g/mol. The van der Waals surface area contributed by atoms with E-state index in [1.807, 2.05) is 6.92 Å². The summed E-state index contributed by atoms with van der Waals surface area (Å²) in [5.41, 5.74) is -0.324. The van der Waals surface area contributed by atoms with Crippen LogP contribution in [0.4, 0.5) is 8.78 Å². The van der Waals surface area contributed by atoms with Crippen LogP contribution in [-0.2, 0) is 15.9 Å². The first-order valence-corrected chi connectivity index (χ1v) is 7.42. The summed E-state index contributed by atoms with van der Waals surface area (Å²) < 4.78 is 39.0. The zero-order valence-electron chi connectivity index (χ0n) is 12.6. The Balaban J connectivity index is 2.25. The van der Waals surface area contributed by atoms with E-state index in [4.69, 9.17) is 9.47 Å². The molecular weight excluding hydrogens is 276 g/mol. The molecule has 3 nitrogen and oxygen atoms in total. The van der Waals surface area contributed by atoms with Gasteiger partial charge in [-0.25, -0.2) is 8.78 Å². The second kappa shape index (κ2) is 7.29. The molecule has 1 aliphatic rings. The van der Waals surface area contributed by atoms with Crippen LogP contribution in [-0.4, -0.2) is 38.5 Å². The molecule has 21 heavy (non-hydrogen) atoms. The lowest BCUT2D eigenvalue weighted by Gasteiger charge is -2.42. The summed E-state index contributed by atoms with van der Waals surface area (Å²) in [6, 6.07) is 3.83. The molecule has 0 aliphatic carbocycles. The van der Waals surface area contributed by atoms with E-state index >= 15 is 0 Å². The van der Waals surface area contributed by atoms with Crippen LogP contribution < -0.4 is 5.32 Å². The highest BCUT2D eigenvalue weighted by atomic mass is 19.1. The van der Waals surface area contributed by atoms with Crippen molar-refractivity contribution in [1.29, 1.82) is 0 Å². The van der Waals surface area contributed by atoms with E-state index in [2.05, 4.69) is 5.32 Å². The lowest BCUT2D eigenvalue weighted by Crippen LogP contribution is -2.56. The maximum absolute atomic E-state index is 13.9. The van der Waals surface area contributed by atoms with E-state index in [-0.39, 0.29) is 18.0 Å². The van der Waals surface area contributed by atoms with Crippen molar-refractivity contribution < 1.29 is 18.3 Å². The van der Waals surface area contributed by atoms with Gasteiger partial charge in [-0.2, -0.15) is 0 Å². The average molecular weight is 299 g/mol. The molecule has 1 aliphatic heterocycles. The predicted octanol–water partition coefficient (Wildman–Crippen LogP) is 2.68. The van der Waals surface area contributed by atoms with E-state index in [0.29, 0.717) is 19.8 Å². The molecule has 1 atom stereocenters. The summed E-state index contributed by atoms with van der Waals surface area (Å²) in [6.45, 7) is 3.91. The largest absolute Gasteiger partial charge is 0.381 e. The third-order valence-corrected chi connectivity index (χ3v) is 4.30. The van der Waals surface area contributed by atoms with Gasteiger partial charge in [0, 0.05) is 44.8 Å². The minimum Gasteiger partial charge on any atom is -0.381 e. The molecular formula is C16H23F2NO2. The molecule has 1 unspecified atom stereocenters. The van der Waals surface area contributed by atoms with E-state index in [1.54, 1.807) is 7.11 Å². The van der Waals surface area contributed by atoms with Gasteiger partial charge in [-0.1, -0.05) is 13.0 Å². The molecule has 0 saturated carbocycles. The Morgan fingerprint density at radius 1 is 1.29 bits per heavy atom. The maximum atomic E-state index is 13.9. The summed E-state index contributed by atoms with van der Waals surface area (Å²) in [4.78, 5) is 0. The topological polar surface area (TPSA) is 30.5 Å². The molecule has 0 bridgehead atoms. The van der Waals surface area contributed by atoms with Crippen LogP contribution in [0.2, 0.25) is 0 Å². The van der Waals surface area contributed by atoms with Crippen molar-refractivity contribution in [3.05, 3.63) is 35.4 Å². The van der Waals surface area contributed by atoms with E-state index in [9.17, 15) is 8.78 Å². The first-order valence-electron chi connectivity index (χ1n) is 7.42. The number of hydrogen-bond acceptors (Lipinski definition) is 3. The number of likely N-dealkylation sites (N-methyl/N-ethyl adjacent to an activating group) is 1. The van der Waals surface area contributed by atoms with Crippen molar-refractivity contribution >= 4 is 0 Å². The van der Waals surface area contributed by atoms with Gasteiger partial charge in [0.1, 0.15) is 11.6 Å². The van der Waals surface area contributed by atoms with Gasteiger partial charge in [0.15, 0.2) is 0 Å². The fraction of sp³-hybridized carbons (Fsp3) is 0.625. The van der Waals surface area contributed by atoms with Crippen LogP contribution in [0.15, 0.2) is 18.2 Å². The van der Waals surface area contributed by atoms with Crippen LogP contribution in [0.3, 0.4) is 0 Å². The van der Waals surface area contributed by atoms with Gasteiger partial charge >= 0.3 is 0 Å². The first kappa shape index (κ1) is 16.3. The highest BCUT2D eigenvalue weighted by molar-refractivity contribution is 5.22. The van der Waals surface area contributed by atoms with Gasteiger partial charge in [0.05, 0.1) is 5.60 Å². The summed E-state index contributed by atoms with van der Waals surface area (Å²) in [5, 5.41) is 3.33. The van der Waals surface area contributed by atoms with E-state index in [0.717, 1.165) is 12.8 Å². The smallest absolute Gasteiger partial charge is 0.129 e. The lowest BCUT2D eigenvalue weighted by molar-refractivity contribution is -0.110.